The maximum absolute atomic E-state index is 12.4. The fraction of sp³-hybridized carbons (Fsp3) is 0. The van der Waals surface area contributed by atoms with Gasteiger partial charge >= 0.3 is 11.9 Å². The van der Waals surface area contributed by atoms with Crippen LogP contribution < -0.4 is 4.74 Å². The van der Waals surface area contributed by atoms with Crippen LogP contribution >= 0.6 is 0 Å². The van der Waals surface area contributed by atoms with Crippen LogP contribution in [0.4, 0.5) is 0 Å². The highest BCUT2D eigenvalue weighted by molar-refractivity contribution is 5.96. The molecule has 0 aliphatic carbocycles. The summed E-state index contributed by atoms with van der Waals surface area (Å²) < 4.78 is 5.34. The lowest BCUT2D eigenvalue weighted by Crippen LogP contribution is -2.09. The highest BCUT2D eigenvalue weighted by Gasteiger charge is 2.12. The molecule has 4 aromatic rings. The van der Waals surface area contributed by atoms with E-state index in [4.69, 9.17) is 9.84 Å². The van der Waals surface area contributed by atoms with Gasteiger partial charge in [0.2, 0.25) is 5.88 Å². The third-order valence-electron chi connectivity index (χ3n) is 3.95. The van der Waals surface area contributed by atoms with E-state index in [2.05, 4.69) is 9.97 Å². The van der Waals surface area contributed by atoms with Crippen molar-refractivity contribution in [3.63, 3.8) is 0 Å². The molecule has 0 spiro atoms. The maximum Gasteiger partial charge on any atom is 0.344 e. The van der Waals surface area contributed by atoms with E-state index in [1.54, 1.807) is 48.7 Å². The molecule has 0 saturated carbocycles. The minimum Gasteiger partial charge on any atom is -0.478 e. The summed E-state index contributed by atoms with van der Waals surface area (Å²) in [7, 11) is 0. The second-order valence-electron chi connectivity index (χ2n) is 5.66. The Hall–Kier alpha value is -3.80. The van der Waals surface area contributed by atoms with Gasteiger partial charge in [-0.25, -0.2) is 14.6 Å². The van der Waals surface area contributed by atoms with E-state index in [1.165, 1.54) is 12.1 Å². The molecule has 1 N–H and O–H groups in total. The minimum absolute atomic E-state index is 0.108. The van der Waals surface area contributed by atoms with Crippen molar-refractivity contribution in [2.24, 2.45) is 0 Å². The second-order valence-corrected chi connectivity index (χ2v) is 5.66. The molecule has 4 rings (SSSR count). The van der Waals surface area contributed by atoms with Crippen molar-refractivity contribution in [2.45, 2.75) is 0 Å². The summed E-state index contributed by atoms with van der Waals surface area (Å²) in [6, 6.07) is 16.6. The normalized spacial score (nSPS) is 10.8. The predicted octanol–water partition coefficient (Wildman–Crippen LogP) is 3.70. The van der Waals surface area contributed by atoms with Gasteiger partial charge < -0.3 is 9.84 Å². The van der Waals surface area contributed by atoms with Crippen LogP contribution in [0.3, 0.4) is 0 Å². The van der Waals surface area contributed by atoms with Crippen molar-refractivity contribution >= 4 is 33.7 Å². The third kappa shape index (κ3) is 2.95. The molecule has 6 nitrogen and oxygen atoms in total. The Morgan fingerprint density at radius 2 is 1.65 bits per heavy atom. The van der Waals surface area contributed by atoms with Crippen molar-refractivity contribution in [3.8, 4) is 5.88 Å². The van der Waals surface area contributed by atoms with E-state index >= 15 is 0 Å². The summed E-state index contributed by atoms with van der Waals surface area (Å²) in [5, 5.41) is 10.7. The number of benzene rings is 2. The Kier molecular flexibility index (Phi) is 3.78. The molecule has 6 heteroatoms. The Morgan fingerprint density at radius 3 is 2.50 bits per heavy atom. The lowest BCUT2D eigenvalue weighted by Gasteiger charge is -2.06. The Balaban J connectivity index is 1.64. The van der Waals surface area contributed by atoms with E-state index in [0.717, 1.165) is 16.3 Å². The zero-order valence-electron chi connectivity index (χ0n) is 13.4. The Morgan fingerprint density at radius 1 is 0.846 bits per heavy atom. The average molecular weight is 344 g/mol. The molecular formula is C20H12N2O4. The van der Waals surface area contributed by atoms with Crippen molar-refractivity contribution < 1.29 is 19.4 Å². The summed E-state index contributed by atoms with van der Waals surface area (Å²) in [4.78, 5) is 31.9. The summed E-state index contributed by atoms with van der Waals surface area (Å²) in [5.74, 6) is -1.48. The molecule has 2 aromatic carbocycles. The first kappa shape index (κ1) is 15.7. The Bertz CT molecular complexity index is 1170. The summed E-state index contributed by atoms with van der Waals surface area (Å²) in [5.41, 5.74) is 1.73. The third-order valence-corrected chi connectivity index (χ3v) is 3.95. The monoisotopic (exact) mass is 344 g/mol. The number of aromatic carboxylic acids is 1. The van der Waals surface area contributed by atoms with Gasteiger partial charge in [0.1, 0.15) is 0 Å². The molecule has 0 aliphatic rings. The first-order valence-electron chi connectivity index (χ1n) is 7.81. The van der Waals surface area contributed by atoms with Crippen LogP contribution in [0.5, 0.6) is 5.88 Å². The number of esters is 1. The smallest absolute Gasteiger partial charge is 0.344 e. The predicted molar refractivity (Wildman–Crippen MR) is 95.4 cm³/mol. The van der Waals surface area contributed by atoms with Crippen LogP contribution in [0.1, 0.15) is 20.7 Å². The fourth-order valence-electron chi connectivity index (χ4n) is 2.64. The van der Waals surface area contributed by atoms with Crippen LogP contribution in [0.2, 0.25) is 0 Å². The van der Waals surface area contributed by atoms with Gasteiger partial charge in [-0.1, -0.05) is 12.1 Å². The van der Waals surface area contributed by atoms with Gasteiger partial charge in [-0.3, -0.25) is 4.98 Å². The molecule has 0 atom stereocenters. The number of ether oxygens (including phenoxy) is 1. The minimum atomic E-state index is -1.04. The molecule has 0 unspecified atom stereocenters. The van der Waals surface area contributed by atoms with E-state index in [0.29, 0.717) is 11.1 Å². The molecule has 126 valence electrons. The van der Waals surface area contributed by atoms with Gasteiger partial charge in [0.25, 0.3) is 0 Å². The van der Waals surface area contributed by atoms with Gasteiger partial charge in [0.15, 0.2) is 0 Å². The van der Waals surface area contributed by atoms with Crippen molar-refractivity contribution in [1.82, 2.24) is 9.97 Å². The second kappa shape index (κ2) is 6.25. The first-order valence-corrected chi connectivity index (χ1v) is 7.81. The van der Waals surface area contributed by atoms with Crippen LogP contribution in [0, 0.1) is 0 Å². The van der Waals surface area contributed by atoms with Crippen LogP contribution in [0.25, 0.3) is 21.8 Å². The number of hydrogen-bond donors (Lipinski definition) is 1. The number of nitrogens with zero attached hydrogens (tertiary/aromatic N) is 2. The summed E-state index contributed by atoms with van der Waals surface area (Å²) >= 11 is 0. The van der Waals surface area contributed by atoms with E-state index < -0.39 is 11.9 Å². The number of pyridine rings is 2. The van der Waals surface area contributed by atoms with Gasteiger partial charge in [-0.2, -0.15) is 0 Å². The lowest BCUT2D eigenvalue weighted by molar-refractivity contribution is 0.0693. The van der Waals surface area contributed by atoms with Gasteiger partial charge in [-0.15, -0.1) is 0 Å². The van der Waals surface area contributed by atoms with E-state index in [-0.39, 0.29) is 11.4 Å². The number of aromatic nitrogens is 2. The molecule has 0 amide bonds. The molecule has 0 aliphatic heterocycles. The maximum atomic E-state index is 12.4. The zero-order chi connectivity index (χ0) is 18.1. The number of carbonyl (C=O) groups is 2. The Labute approximate surface area is 147 Å². The molecule has 26 heavy (non-hydrogen) atoms. The molecule has 0 radical (unpaired) electrons. The lowest BCUT2D eigenvalue weighted by atomic mass is 10.1. The molecule has 0 bridgehead atoms. The molecule has 2 heterocycles. The number of hydrogen-bond acceptors (Lipinski definition) is 5. The van der Waals surface area contributed by atoms with Crippen molar-refractivity contribution in [3.05, 3.63) is 78.0 Å². The van der Waals surface area contributed by atoms with Crippen molar-refractivity contribution in [2.75, 3.05) is 0 Å². The standard InChI is InChI=1S/C20H12N2O4/c23-19(24)14-4-3-12-6-8-18(22-17(12)11-14)26-20(25)15-5-7-16-13(10-15)2-1-9-21-16/h1-11H,(H,23,24). The van der Waals surface area contributed by atoms with Gasteiger partial charge in [0.05, 0.1) is 22.2 Å². The summed E-state index contributed by atoms with van der Waals surface area (Å²) in [6.07, 6.45) is 1.69. The molecule has 0 saturated heterocycles. The SMILES string of the molecule is O=C(O)c1ccc2ccc(OC(=O)c3ccc4ncccc4c3)nc2c1. The molecule has 0 fully saturated rings. The number of carbonyl (C=O) groups excluding carboxylic acids is 1. The number of fused-ring (bicyclic) bond motifs is 2. The van der Waals surface area contributed by atoms with E-state index in [9.17, 15) is 9.59 Å². The fourth-order valence-corrected chi connectivity index (χ4v) is 2.64. The number of rotatable bonds is 3. The highest BCUT2D eigenvalue weighted by atomic mass is 16.5. The van der Waals surface area contributed by atoms with Crippen LogP contribution in [-0.4, -0.2) is 27.0 Å². The van der Waals surface area contributed by atoms with Gasteiger partial charge in [0, 0.05) is 23.0 Å². The number of carboxylic acid groups (broad SMARTS) is 1. The number of carboxylic acids is 1. The van der Waals surface area contributed by atoms with Crippen molar-refractivity contribution in [1.29, 1.82) is 0 Å². The van der Waals surface area contributed by atoms with Gasteiger partial charge in [-0.05, 0) is 42.5 Å². The topological polar surface area (TPSA) is 89.4 Å². The average Bonchev–Trinajstić information content (AvgIpc) is 2.67. The van der Waals surface area contributed by atoms with E-state index in [1.807, 2.05) is 6.07 Å². The largest absolute Gasteiger partial charge is 0.478 e. The first-order chi connectivity index (χ1) is 12.6. The van der Waals surface area contributed by atoms with Crippen LogP contribution in [0.15, 0.2) is 66.9 Å². The quantitative estimate of drug-likeness (QED) is 0.570. The highest BCUT2D eigenvalue weighted by Crippen LogP contribution is 2.20. The van der Waals surface area contributed by atoms with Crippen LogP contribution in [-0.2, 0) is 0 Å². The summed E-state index contributed by atoms with van der Waals surface area (Å²) in [6.45, 7) is 0. The molecular weight excluding hydrogens is 332 g/mol. The zero-order valence-corrected chi connectivity index (χ0v) is 13.4. The molecule has 2 aromatic heterocycles.